The van der Waals surface area contributed by atoms with Gasteiger partial charge in [0.2, 0.25) is 0 Å². The molecule has 5 rings (SSSR count). The van der Waals surface area contributed by atoms with E-state index < -0.39 is 17.9 Å². The molecular formula is C26H34N4O4SSi. The fourth-order valence-electron chi connectivity index (χ4n) is 4.71. The Labute approximate surface area is 213 Å². The van der Waals surface area contributed by atoms with Crippen LogP contribution in [0.15, 0.2) is 47.6 Å². The zero-order valence-corrected chi connectivity index (χ0v) is 23.2. The topological polar surface area (TPSA) is 87.7 Å². The van der Waals surface area contributed by atoms with Gasteiger partial charge in [-0.2, -0.15) is 0 Å². The third-order valence-corrected chi connectivity index (χ3v) is 9.54. The monoisotopic (exact) mass is 526 g/mol. The summed E-state index contributed by atoms with van der Waals surface area (Å²) in [6.45, 7) is 9.46. The van der Waals surface area contributed by atoms with Gasteiger partial charge in [0.05, 0.1) is 40.6 Å². The summed E-state index contributed by atoms with van der Waals surface area (Å²) in [4.78, 5) is 9.84. The molecule has 3 aromatic heterocycles. The lowest BCUT2D eigenvalue weighted by molar-refractivity contribution is 0.0780. The number of sulfone groups is 1. The average molecular weight is 527 g/mol. The molecule has 1 fully saturated rings. The van der Waals surface area contributed by atoms with E-state index in [-0.39, 0.29) is 10.8 Å². The molecule has 10 heteroatoms. The molecule has 8 nitrogen and oxygen atoms in total. The molecule has 4 heterocycles. The van der Waals surface area contributed by atoms with E-state index >= 15 is 0 Å². The van der Waals surface area contributed by atoms with Crippen molar-refractivity contribution in [1.29, 1.82) is 0 Å². The number of hydrogen-bond acceptors (Lipinski definition) is 6. The highest BCUT2D eigenvalue weighted by molar-refractivity contribution is 7.90. The van der Waals surface area contributed by atoms with Gasteiger partial charge in [-0.25, -0.2) is 18.4 Å². The summed E-state index contributed by atoms with van der Waals surface area (Å²) in [5, 5.41) is 0. The molecule has 1 aliphatic heterocycles. The Morgan fingerprint density at radius 1 is 1.17 bits per heavy atom. The molecule has 4 aromatic rings. The molecule has 0 saturated carbocycles. The van der Waals surface area contributed by atoms with Crippen molar-refractivity contribution in [2.24, 2.45) is 0 Å². The van der Waals surface area contributed by atoms with Crippen LogP contribution in [0.5, 0.6) is 0 Å². The van der Waals surface area contributed by atoms with Crippen LogP contribution in [0.3, 0.4) is 0 Å². The van der Waals surface area contributed by atoms with Gasteiger partial charge in [0, 0.05) is 33.5 Å². The lowest BCUT2D eigenvalue weighted by Crippen LogP contribution is -2.22. The fraction of sp³-hybridized carbons (Fsp3) is 0.462. The molecular weight excluding hydrogens is 492 g/mol. The predicted octanol–water partition coefficient (Wildman–Crippen LogP) is 4.96. The Kier molecular flexibility index (Phi) is 6.80. The molecule has 0 N–H and O–H groups in total. The summed E-state index contributed by atoms with van der Waals surface area (Å²) >= 11 is 0. The van der Waals surface area contributed by atoms with Gasteiger partial charge in [-0.05, 0) is 42.6 Å². The molecule has 0 amide bonds. The smallest absolute Gasteiger partial charge is 0.175 e. The number of ether oxygens (including phenoxy) is 2. The van der Waals surface area contributed by atoms with Gasteiger partial charge in [-0.3, -0.25) is 4.40 Å². The molecule has 1 aromatic carbocycles. The van der Waals surface area contributed by atoms with E-state index in [1.165, 1.54) is 6.26 Å². The Balaban J connectivity index is 1.65. The fourth-order valence-corrected chi connectivity index (χ4v) is 6.13. The number of hydrogen-bond donors (Lipinski definition) is 0. The number of benzene rings is 1. The van der Waals surface area contributed by atoms with E-state index in [0.717, 1.165) is 59.3 Å². The van der Waals surface area contributed by atoms with E-state index in [4.69, 9.17) is 19.4 Å². The zero-order valence-electron chi connectivity index (χ0n) is 21.4. The van der Waals surface area contributed by atoms with Crippen molar-refractivity contribution in [3.05, 3.63) is 48.5 Å². The Hall–Kier alpha value is -2.53. The SMILES string of the molecule is C[Si](C)(C)CCOCn1c(-c2cccc(S(C)(=O)=O)c2)cc2c1ncc1cnc(C3CCCOC3)n12. The van der Waals surface area contributed by atoms with Crippen LogP contribution in [0.2, 0.25) is 25.7 Å². The average Bonchev–Trinajstić information content (AvgIpc) is 3.43. The molecule has 0 spiro atoms. The minimum Gasteiger partial charge on any atom is -0.381 e. The molecule has 0 radical (unpaired) electrons. The van der Waals surface area contributed by atoms with Crippen LogP contribution in [0, 0.1) is 0 Å². The minimum absolute atomic E-state index is 0.222. The number of aromatic nitrogens is 4. The number of rotatable bonds is 8. The molecule has 1 atom stereocenters. The summed E-state index contributed by atoms with van der Waals surface area (Å²) in [5.74, 6) is 1.20. The molecule has 192 valence electrons. The van der Waals surface area contributed by atoms with Crippen LogP contribution in [-0.4, -0.2) is 61.5 Å². The Bertz CT molecular complexity index is 1500. The van der Waals surface area contributed by atoms with E-state index in [2.05, 4.69) is 30.1 Å². The maximum Gasteiger partial charge on any atom is 0.175 e. The van der Waals surface area contributed by atoms with Crippen LogP contribution in [0.4, 0.5) is 0 Å². The van der Waals surface area contributed by atoms with Crippen molar-refractivity contribution in [3.63, 3.8) is 0 Å². The molecule has 0 aliphatic carbocycles. The second-order valence-corrected chi connectivity index (χ2v) is 18.5. The van der Waals surface area contributed by atoms with Crippen molar-refractivity contribution in [3.8, 4) is 11.3 Å². The van der Waals surface area contributed by atoms with E-state index in [1.807, 2.05) is 23.0 Å². The first-order valence-electron chi connectivity index (χ1n) is 12.4. The Morgan fingerprint density at radius 3 is 2.69 bits per heavy atom. The lowest BCUT2D eigenvalue weighted by atomic mass is 10.0. The van der Waals surface area contributed by atoms with Gasteiger partial charge in [0.25, 0.3) is 0 Å². The molecule has 36 heavy (non-hydrogen) atoms. The standard InChI is InChI=1S/C26H34N4O4SSi/c1-35(31,32)22-9-5-7-19(13-22)23-14-24-26(29(23)18-34-11-12-36(2,3)4)28-16-21-15-27-25(30(21)24)20-8-6-10-33-17-20/h5,7,9,13-16,20H,6,8,10-12,17-18H2,1-4H3. The molecule has 1 unspecified atom stereocenters. The van der Waals surface area contributed by atoms with Crippen molar-refractivity contribution in [2.75, 3.05) is 26.1 Å². The van der Waals surface area contributed by atoms with Gasteiger partial charge < -0.3 is 14.0 Å². The highest BCUT2D eigenvalue weighted by Crippen LogP contribution is 2.32. The van der Waals surface area contributed by atoms with Crippen molar-refractivity contribution in [1.82, 2.24) is 18.9 Å². The van der Waals surface area contributed by atoms with Crippen LogP contribution in [0.25, 0.3) is 27.9 Å². The van der Waals surface area contributed by atoms with Gasteiger partial charge >= 0.3 is 0 Å². The number of nitrogens with zero attached hydrogens (tertiary/aromatic N) is 4. The first-order valence-corrected chi connectivity index (χ1v) is 18.0. The largest absolute Gasteiger partial charge is 0.381 e. The van der Waals surface area contributed by atoms with Crippen molar-refractivity contribution in [2.45, 2.75) is 56.1 Å². The van der Waals surface area contributed by atoms with Gasteiger partial charge in [-0.1, -0.05) is 31.8 Å². The quantitative estimate of drug-likeness (QED) is 0.238. The molecule has 1 aliphatic rings. The van der Waals surface area contributed by atoms with Gasteiger partial charge in [0.15, 0.2) is 15.5 Å². The summed E-state index contributed by atoms with van der Waals surface area (Å²) in [5.41, 5.74) is 4.31. The first kappa shape index (κ1) is 25.1. The predicted molar refractivity (Wildman–Crippen MR) is 144 cm³/mol. The highest BCUT2D eigenvalue weighted by atomic mass is 32.2. The third kappa shape index (κ3) is 5.13. The van der Waals surface area contributed by atoms with Gasteiger partial charge in [0.1, 0.15) is 12.6 Å². The second kappa shape index (κ2) is 9.73. The molecule has 0 bridgehead atoms. The van der Waals surface area contributed by atoms with Crippen LogP contribution >= 0.6 is 0 Å². The number of fused-ring (bicyclic) bond motifs is 3. The normalized spacial score (nSPS) is 17.3. The minimum atomic E-state index is -3.34. The van der Waals surface area contributed by atoms with Crippen molar-refractivity contribution < 1.29 is 17.9 Å². The maximum atomic E-state index is 12.3. The second-order valence-electron chi connectivity index (χ2n) is 10.9. The molecule has 1 saturated heterocycles. The van der Waals surface area contributed by atoms with Crippen molar-refractivity contribution >= 4 is 34.6 Å². The maximum absolute atomic E-state index is 12.3. The zero-order chi connectivity index (χ0) is 25.5. The summed E-state index contributed by atoms with van der Waals surface area (Å²) in [6, 6.07) is 10.2. The first-order chi connectivity index (χ1) is 17.1. The summed E-state index contributed by atoms with van der Waals surface area (Å²) in [6.07, 6.45) is 6.99. The van der Waals surface area contributed by atoms with Crippen LogP contribution < -0.4 is 0 Å². The number of imidazole rings is 1. The summed E-state index contributed by atoms with van der Waals surface area (Å²) in [7, 11) is -4.57. The van der Waals surface area contributed by atoms with Crippen LogP contribution in [-0.2, 0) is 26.0 Å². The highest BCUT2D eigenvalue weighted by Gasteiger charge is 2.24. The van der Waals surface area contributed by atoms with E-state index in [9.17, 15) is 8.42 Å². The van der Waals surface area contributed by atoms with Crippen LogP contribution in [0.1, 0.15) is 24.6 Å². The third-order valence-electron chi connectivity index (χ3n) is 6.73. The lowest BCUT2D eigenvalue weighted by Gasteiger charge is -2.21. The summed E-state index contributed by atoms with van der Waals surface area (Å²) < 4.78 is 40.7. The van der Waals surface area contributed by atoms with E-state index in [1.54, 1.807) is 18.2 Å². The Morgan fingerprint density at radius 2 is 1.97 bits per heavy atom. The van der Waals surface area contributed by atoms with E-state index in [0.29, 0.717) is 19.9 Å². The van der Waals surface area contributed by atoms with Gasteiger partial charge in [-0.15, -0.1) is 0 Å².